The van der Waals surface area contributed by atoms with Crippen molar-refractivity contribution in [3.63, 3.8) is 0 Å². The Labute approximate surface area is 117 Å². The molecule has 0 bridgehead atoms. The molecule has 0 aliphatic rings. The highest BCUT2D eigenvalue weighted by molar-refractivity contribution is 7.00. The molecule has 0 saturated carbocycles. The molecule has 0 spiro atoms. The molecule has 0 aliphatic heterocycles. The topological polar surface area (TPSA) is 63.8 Å². The first-order valence-electron chi connectivity index (χ1n) is 5.38. The molecule has 19 heavy (non-hydrogen) atoms. The van der Waals surface area contributed by atoms with Gasteiger partial charge in [-0.25, -0.2) is 4.39 Å². The van der Waals surface area contributed by atoms with Gasteiger partial charge in [0.25, 0.3) is 0 Å². The van der Waals surface area contributed by atoms with Crippen molar-refractivity contribution in [1.82, 2.24) is 8.75 Å². The lowest BCUT2D eigenvalue weighted by atomic mass is 10.2. The molecule has 1 heterocycles. The molecule has 2 aromatic carbocycles. The molecular weight excluding hydrogens is 287 g/mol. The van der Waals surface area contributed by atoms with Crippen LogP contribution in [0.3, 0.4) is 0 Å². The van der Waals surface area contributed by atoms with Crippen LogP contribution in [0, 0.1) is 5.82 Å². The number of rotatable bonds is 2. The van der Waals surface area contributed by atoms with E-state index in [0.717, 1.165) is 17.2 Å². The molecule has 0 saturated heterocycles. The van der Waals surface area contributed by atoms with Crippen LogP contribution in [0.15, 0.2) is 30.3 Å². The number of fused-ring (bicyclic) bond motifs is 1. The molecular formula is C12H8ClFN4S. The quantitative estimate of drug-likeness (QED) is 0.706. The van der Waals surface area contributed by atoms with Gasteiger partial charge in [0.05, 0.1) is 33.8 Å². The van der Waals surface area contributed by atoms with Crippen molar-refractivity contribution < 1.29 is 4.39 Å². The molecule has 0 fully saturated rings. The van der Waals surface area contributed by atoms with Crippen molar-refractivity contribution >= 4 is 51.4 Å². The zero-order valence-corrected chi connectivity index (χ0v) is 11.1. The number of nitrogens with zero attached hydrogens (tertiary/aromatic N) is 2. The molecule has 0 amide bonds. The predicted octanol–water partition coefficient (Wildman–Crippen LogP) is 3.81. The second-order valence-corrected chi connectivity index (χ2v) is 4.85. The molecule has 0 radical (unpaired) electrons. The fourth-order valence-electron chi connectivity index (χ4n) is 1.72. The molecule has 1 aromatic heterocycles. The lowest BCUT2D eigenvalue weighted by Crippen LogP contribution is -1.98. The maximum absolute atomic E-state index is 13.2. The zero-order valence-electron chi connectivity index (χ0n) is 9.52. The highest BCUT2D eigenvalue weighted by atomic mass is 35.5. The number of nitrogen functional groups attached to an aromatic ring is 1. The number of nitrogens with one attached hydrogen (secondary N) is 1. The maximum Gasteiger partial charge on any atom is 0.129 e. The van der Waals surface area contributed by atoms with Crippen LogP contribution >= 0.6 is 23.3 Å². The van der Waals surface area contributed by atoms with Crippen molar-refractivity contribution in [3.05, 3.63) is 41.2 Å². The van der Waals surface area contributed by atoms with E-state index < -0.39 is 0 Å². The normalized spacial score (nSPS) is 10.8. The Kier molecular flexibility index (Phi) is 2.96. The van der Waals surface area contributed by atoms with Crippen LogP contribution in [0.2, 0.25) is 5.02 Å². The van der Waals surface area contributed by atoms with Crippen LogP contribution in [0.1, 0.15) is 0 Å². The molecule has 7 heteroatoms. The second kappa shape index (κ2) is 4.64. The Morgan fingerprint density at radius 2 is 2.05 bits per heavy atom. The standard InChI is InChI=1S/C12H8ClFN4S/c13-7-2-4-9-12(18-19-17-9)11(7)16-10-5-6(14)1-3-8(10)15/h1-5,16H,15H2. The van der Waals surface area contributed by atoms with Gasteiger partial charge in [0.15, 0.2) is 0 Å². The van der Waals surface area contributed by atoms with Crippen molar-refractivity contribution in [2.75, 3.05) is 11.1 Å². The van der Waals surface area contributed by atoms with Crippen LogP contribution in [0.4, 0.5) is 21.5 Å². The Morgan fingerprint density at radius 1 is 1.21 bits per heavy atom. The highest BCUT2D eigenvalue weighted by Crippen LogP contribution is 2.34. The van der Waals surface area contributed by atoms with E-state index in [-0.39, 0.29) is 5.82 Å². The number of anilines is 3. The lowest BCUT2D eigenvalue weighted by molar-refractivity contribution is 0.628. The van der Waals surface area contributed by atoms with E-state index in [1.807, 2.05) is 0 Å². The predicted molar refractivity (Wildman–Crippen MR) is 76.5 cm³/mol. The largest absolute Gasteiger partial charge is 0.397 e. The average molecular weight is 295 g/mol. The third-order valence-corrected chi connectivity index (χ3v) is 3.51. The minimum atomic E-state index is -0.378. The van der Waals surface area contributed by atoms with Crippen LogP contribution in [0.5, 0.6) is 0 Å². The Morgan fingerprint density at radius 3 is 2.89 bits per heavy atom. The minimum Gasteiger partial charge on any atom is -0.397 e. The van der Waals surface area contributed by atoms with Crippen LogP contribution in [-0.2, 0) is 0 Å². The number of aromatic nitrogens is 2. The second-order valence-electron chi connectivity index (χ2n) is 3.91. The van der Waals surface area contributed by atoms with E-state index in [4.69, 9.17) is 17.3 Å². The third kappa shape index (κ3) is 2.20. The Hall–Kier alpha value is -1.92. The van der Waals surface area contributed by atoms with E-state index in [2.05, 4.69) is 14.1 Å². The van der Waals surface area contributed by atoms with Gasteiger partial charge in [-0.3, -0.25) is 0 Å². The van der Waals surface area contributed by atoms with E-state index >= 15 is 0 Å². The first-order chi connectivity index (χ1) is 9.15. The van der Waals surface area contributed by atoms with Crippen molar-refractivity contribution in [3.8, 4) is 0 Å². The minimum absolute atomic E-state index is 0.378. The molecule has 0 atom stereocenters. The summed E-state index contributed by atoms with van der Waals surface area (Å²) in [5, 5.41) is 3.49. The molecule has 0 aliphatic carbocycles. The van der Waals surface area contributed by atoms with Gasteiger partial charge < -0.3 is 11.1 Å². The van der Waals surface area contributed by atoms with Gasteiger partial charge in [0.2, 0.25) is 0 Å². The fraction of sp³-hybridized carbons (Fsp3) is 0. The highest BCUT2D eigenvalue weighted by Gasteiger charge is 2.11. The van der Waals surface area contributed by atoms with E-state index in [1.54, 1.807) is 12.1 Å². The Bertz CT molecular complexity index is 759. The van der Waals surface area contributed by atoms with Gasteiger partial charge in [0, 0.05) is 0 Å². The van der Waals surface area contributed by atoms with Gasteiger partial charge in [-0.05, 0) is 30.3 Å². The molecule has 4 nitrogen and oxygen atoms in total. The van der Waals surface area contributed by atoms with Gasteiger partial charge >= 0.3 is 0 Å². The molecule has 3 N–H and O–H groups in total. The van der Waals surface area contributed by atoms with Crippen molar-refractivity contribution in [2.24, 2.45) is 0 Å². The first kappa shape index (κ1) is 12.1. The van der Waals surface area contributed by atoms with Gasteiger partial charge in [-0.15, -0.1) is 0 Å². The molecule has 0 unspecified atom stereocenters. The van der Waals surface area contributed by atoms with Gasteiger partial charge in [0.1, 0.15) is 16.9 Å². The van der Waals surface area contributed by atoms with Crippen molar-refractivity contribution in [2.45, 2.75) is 0 Å². The number of nitrogens with two attached hydrogens (primary N) is 1. The van der Waals surface area contributed by atoms with Crippen LogP contribution in [-0.4, -0.2) is 8.75 Å². The lowest BCUT2D eigenvalue weighted by Gasteiger charge is -2.11. The smallest absolute Gasteiger partial charge is 0.129 e. The van der Waals surface area contributed by atoms with Crippen LogP contribution in [0.25, 0.3) is 11.0 Å². The van der Waals surface area contributed by atoms with E-state index in [9.17, 15) is 4.39 Å². The summed E-state index contributed by atoms with van der Waals surface area (Å²) in [4.78, 5) is 0. The van der Waals surface area contributed by atoms with E-state index in [1.165, 1.54) is 18.2 Å². The van der Waals surface area contributed by atoms with E-state index in [0.29, 0.717) is 27.6 Å². The number of halogens is 2. The Balaban J connectivity index is 2.12. The zero-order chi connectivity index (χ0) is 13.4. The molecule has 3 aromatic rings. The third-order valence-electron chi connectivity index (χ3n) is 2.65. The number of benzene rings is 2. The number of hydrogen-bond donors (Lipinski definition) is 2. The SMILES string of the molecule is Nc1ccc(F)cc1Nc1c(Cl)ccc2nsnc12. The summed E-state index contributed by atoms with van der Waals surface area (Å²) in [5.74, 6) is -0.378. The maximum atomic E-state index is 13.2. The van der Waals surface area contributed by atoms with Crippen LogP contribution < -0.4 is 11.1 Å². The fourth-order valence-corrected chi connectivity index (χ4v) is 2.46. The number of hydrogen-bond acceptors (Lipinski definition) is 5. The summed E-state index contributed by atoms with van der Waals surface area (Å²) in [6.07, 6.45) is 0. The average Bonchev–Trinajstić information content (AvgIpc) is 2.85. The first-order valence-corrected chi connectivity index (χ1v) is 6.49. The summed E-state index contributed by atoms with van der Waals surface area (Å²) in [7, 11) is 0. The van der Waals surface area contributed by atoms with Gasteiger partial charge in [-0.1, -0.05) is 11.6 Å². The van der Waals surface area contributed by atoms with Crippen molar-refractivity contribution in [1.29, 1.82) is 0 Å². The summed E-state index contributed by atoms with van der Waals surface area (Å²) < 4.78 is 21.6. The summed E-state index contributed by atoms with van der Waals surface area (Å²) in [5.41, 5.74) is 8.62. The summed E-state index contributed by atoms with van der Waals surface area (Å²) >= 11 is 7.23. The molecule has 96 valence electrons. The monoisotopic (exact) mass is 294 g/mol. The van der Waals surface area contributed by atoms with Gasteiger partial charge in [-0.2, -0.15) is 8.75 Å². The summed E-state index contributed by atoms with van der Waals surface area (Å²) in [6.45, 7) is 0. The summed E-state index contributed by atoms with van der Waals surface area (Å²) in [6, 6.07) is 7.59. The molecule has 3 rings (SSSR count).